The molecule has 0 aromatic heterocycles. The van der Waals surface area contributed by atoms with Gasteiger partial charge in [0.15, 0.2) is 0 Å². The summed E-state index contributed by atoms with van der Waals surface area (Å²) in [5.74, 6) is -0.588. The number of aryl methyl sites for hydroxylation is 1. The van der Waals surface area contributed by atoms with Crippen LogP contribution in [0.5, 0.6) is 0 Å². The fraction of sp³-hybridized carbons (Fsp3) is 0.417. The molecule has 116 valence electrons. The fourth-order valence-electron chi connectivity index (χ4n) is 1.46. The quantitative estimate of drug-likeness (QED) is 0.498. The number of alkyl halides is 3. The standard InChI is InChI=1S/C12H13F3N2O4/c1-8-2-3-9(6-10(8)17(19)20)16-11(18)4-5-21-7-12(13,14)15/h2-3,6H,4-5,7H2,1H3,(H,16,18). The zero-order valence-corrected chi connectivity index (χ0v) is 11.1. The number of nitrogens with one attached hydrogen (secondary N) is 1. The summed E-state index contributed by atoms with van der Waals surface area (Å²) in [6.07, 6.45) is -4.72. The molecule has 9 heteroatoms. The highest BCUT2D eigenvalue weighted by molar-refractivity contribution is 5.91. The van der Waals surface area contributed by atoms with E-state index in [-0.39, 0.29) is 24.4 Å². The number of ether oxygens (including phenoxy) is 1. The Kier molecular flexibility index (Phi) is 5.65. The fourth-order valence-corrected chi connectivity index (χ4v) is 1.46. The van der Waals surface area contributed by atoms with Gasteiger partial charge in [-0.3, -0.25) is 14.9 Å². The zero-order chi connectivity index (χ0) is 16.0. The molecule has 0 aliphatic rings. The summed E-state index contributed by atoms with van der Waals surface area (Å²) in [6, 6.07) is 4.12. The summed E-state index contributed by atoms with van der Waals surface area (Å²) in [5, 5.41) is 13.1. The number of amides is 1. The Morgan fingerprint density at radius 3 is 2.67 bits per heavy atom. The van der Waals surface area contributed by atoms with Gasteiger partial charge in [-0.1, -0.05) is 6.07 Å². The number of carbonyl (C=O) groups excluding carboxylic acids is 1. The van der Waals surface area contributed by atoms with Crippen LogP contribution in [-0.2, 0) is 9.53 Å². The Morgan fingerprint density at radius 2 is 2.10 bits per heavy atom. The van der Waals surface area contributed by atoms with Crippen LogP contribution in [0.1, 0.15) is 12.0 Å². The molecule has 21 heavy (non-hydrogen) atoms. The van der Waals surface area contributed by atoms with Gasteiger partial charge in [0.25, 0.3) is 5.69 Å². The van der Waals surface area contributed by atoms with E-state index in [0.717, 1.165) is 0 Å². The van der Waals surface area contributed by atoms with Crippen molar-refractivity contribution < 1.29 is 27.6 Å². The number of nitro groups is 1. The first-order valence-corrected chi connectivity index (χ1v) is 5.88. The molecule has 0 unspecified atom stereocenters. The lowest BCUT2D eigenvalue weighted by molar-refractivity contribution is -0.385. The molecule has 0 saturated carbocycles. The minimum absolute atomic E-state index is 0.152. The van der Waals surface area contributed by atoms with E-state index in [2.05, 4.69) is 10.1 Å². The van der Waals surface area contributed by atoms with Gasteiger partial charge in [-0.2, -0.15) is 13.2 Å². The molecule has 0 atom stereocenters. The van der Waals surface area contributed by atoms with E-state index in [9.17, 15) is 28.1 Å². The highest BCUT2D eigenvalue weighted by Crippen LogP contribution is 2.22. The normalized spacial score (nSPS) is 11.2. The van der Waals surface area contributed by atoms with Gasteiger partial charge in [0, 0.05) is 17.3 Å². The monoisotopic (exact) mass is 306 g/mol. The summed E-state index contributed by atoms with van der Waals surface area (Å²) in [6.45, 7) is -0.260. The molecule has 1 N–H and O–H groups in total. The van der Waals surface area contributed by atoms with E-state index in [1.54, 1.807) is 6.92 Å². The van der Waals surface area contributed by atoms with Crippen LogP contribution in [0.4, 0.5) is 24.5 Å². The molecule has 1 amide bonds. The molecule has 1 aromatic carbocycles. The Labute approximate surface area is 118 Å². The minimum Gasteiger partial charge on any atom is -0.372 e. The maximum atomic E-state index is 11.8. The first-order chi connectivity index (χ1) is 9.69. The van der Waals surface area contributed by atoms with Gasteiger partial charge in [-0.15, -0.1) is 0 Å². The van der Waals surface area contributed by atoms with E-state index in [1.165, 1.54) is 18.2 Å². The molecule has 0 aliphatic heterocycles. The van der Waals surface area contributed by atoms with E-state index < -0.39 is 23.6 Å². The molecule has 0 fully saturated rings. The lowest BCUT2D eigenvalue weighted by Crippen LogP contribution is -2.20. The molecule has 0 aliphatic carbocycles. The van der Waals surface area contributed by atoms with Crippen molar-refractivity contribution in [3.8, 4) is 0 Å². The average molecular weight is 306 g/mol. The molecule has 1 rings (SSSR count). The maximum absolute atomic E-state index is 11.8. The molecule has 1 aromatic rings. The number of nitro benzene ring substituents is 1. The summed E-state index contributed by atoms with van der Waals surface area (Å²) in [5.41, 5.74) is 0.487. The number of rotatable bonds is 6. The van der Waals surface area contributed by atoms with Crippen molar-refractivity contribution in [1.29, 1.82) is 0 Å². The van der Waals surface area contributed by atoms with Crippen molar-refractivity contribution in [3.63, 3.8) is 0 Å². The van der Waals surface area contributed by atoms with Crippen LogP contribution in [0.2, 0.25) is 0 Å². The molecule has 0 radical (unpaired) electrons. The lowest BCUT2D eigenvalue weighted by Gasteiger charge is -2.08. The molecule has 0 saturated heterocycles. The van der Waals surface area contributed by atoms with Gasteiger partial charge >= 0.3 is 6.18 Å². The van der Waals surface area contributed by atoms with Crippen molar-refractivity contribution in [2.24, 2.45) is 0 Å². The van der Waals surface area contributed by atoms with Crippen LogP contribution in [0, 0.1) is 17.0 Å². The summed E-state index contributed by atoms with van der Waals surface area (Å²) < 4.78 is 39.7. The molecular weight excluding hydrogens is 293 g/mol. The molecule has 0 bridgehead atoms. The van der Waals surface area contributed by atoms with E-state index >= 15 is 0 Å². The number of halogens is 3. The minimum atomic E-state index is -4.44. The van der Waals surface area contributed by atoms with Crippen LogP contribution in [0.15, 0.2) is 18.2 Å². The second-order valence-corrected chi connectivity index (χ2v) is 4.22. The second kappa shape index (κ2) is 7.02. The first kappa shape index (κ1) is 16.9. The van der Waals surface area contributed by atoms with Crippen molar-refractivity contribution in [3.05, 3.63) is 33.9 Å². The van der Waals surface area contributed by atoms with Crippen LogP contribution < -0.4 is 5.32 Å². The lowest BCUT2D eigenvalue weighted by atomic mass is 10.2. The first-order valence-electron chi connectivity index (χ1n) is 5.88. The number of hydrogen-bond acceptors (Lipinski definition) is 4. The Bertz CT molecular complexity index is 532. The number of benzene rings is 1. The van der Waals surface area contributed by atoms with Gasteiger partial charge in [0.1, 0.15) is 6.61 Å². The van der Waals surface area contributed by atoms with Crippen LogP contribution in [0.25, 0.3) is 0 Å². The SMILES string of the molecule is Cc1ccc(NC(=O)CCOCC(F)(F)F)cc1[N+](=O)[O-]. The van der Waals surface area contributed by atoms with Crippen molar-refractivity contribution in [2.75, 3.05) is 18.5 Å². The smallest absolute Gasteiger partial charge is 0.372 e. The van der Waals surface area contributed by atoms with Crippen LogP contribution in [-0.4, -0.2) is 30.2 Å². The van der Waals surface area contributed by atoms with Crippen molar-refractivity contribution >= 4 is 17.3 Å². The van der Waals surface area contributed by atoms with Crippen molar-refractivity contribution in [2.45, 2.75) is 19.5 Å². The predicted molar refractivity (Wildman–Crippen MR) is 68.0 cm³/mol. The van der Waals surface area contributed by atoms with E-state index in [0.29, 0.717) is 5.56 Å². The molecule has 0 spiro atoms. The predicted octanol–water partition coefficient (Wildman–Crippen LogP) is 2.81. The topological polar surface area (TPSA) is 81.5 Å². The van der Waals surface area contributed by atoms with Crippen molar-refractivity contribution in [1.82, 2.24) is 0 Å². The van der Waals surface area contributed by atoms with Gasteiger partial charge in [-0.05, 0) is 13.0 Å². The molecule has 0 heterocycles. The summed E-state index contributed by atoms with van der Waals surface area (Å²) in [4.78, 5) is 21.6. The summed E-state index contributed by atoms with van der Waals surface area (Å²) >= 11 is 0. The Hall–Kier alpha value is -2.16. The molecular formula is C12H13F3N2O4. The van der Waals surface area contributed by atoms with Gasteiger partial charge in [0.2, 0.25) is 5.91 Å². The number of nitrogens with zero attached hydrogens (tertiary/aromatic N) is 1. The number of carbonyl (C=O) groups is 1. The van der Waals surface area contributed by atoms with E-state index in [4.69, 9.17) is 0 Å². The Balaban J connectivity index is 2.48. The maximum Gasteiger partial charge on any atom is 0.411 e. The van der Waals surface area contributed by atoms with E-state index in [1.807, 2.05) is 0 Å². The third kappa shape index (κ3) is 6.21. The van der Waals surface area contributed by atoms with Crippen LogP contribution >= 0.6 is 0 Å². The number of anilines is 1. The summed E-state index contributed by atoms with van der Waals surface area (Å²) in [7, 11) is 0. The van der Waals surface area contributed by atoms with Gasteiger partial charge in [-0.25, -0.2) is 0 Å². The average Bonchev–Trinajstić information content (AvgIpc) is 2.35. The van der Waals surface area contributed by atoms with Gasteiger partial charge in [0.05, 0.1) is 18.0 Å². The third-order valence-electron chi connectivity index (χ3n) is 2.43. The highest BCUT2D eigenvalue weighted by Gasteiger charge is 2.27. The van der Waals surface area contributed by atoms with Gasteiger partial charge < -0.3 is 10.1 Å². The molecule has 6 nitrogen and oxygen atoms in total. The Morgan fingerprint density at radius 1 is 1.43 bits per heavy atom. The van der Waals surface area contributed by atoms with Crippen LogP contribution in [0.3, 0.4) is 0 Å². The highest BCUT2D eigenvalue weighted by atomic mass is 19.4. The second-order valence-electron chi connectivity index (χ2n) is 4.22. The largest absolute Gasteiger partial charge is 0.411 e. The zero-order valence-electron chi connectivity index (χ0n) is 11.1. The number of hydrogen-bond donors (Lipinski definition) is 1. The third-order valence-corrected chi connectivity index (χ3v) is 2.43.